The fourth-order valence-corrected chi connectivity index (χ4v) is 3.71. The Morgan fingerprint density at radius 3 is 2.33 bits per heavy atom. The first-order valence-electron chi connectivity index (χ1n) is 8.70. The number of methoxy groups -OCH3 is 1. The first-order chi connectivity index (χ1) is 14.0. The number of aromatic nitrogens is 1. The second-order valence-corrected chi connectivity index (χ2v) is 8.60. The number of pyridine rings is 1. The van der Waals surface area contributed by atoms with Gasteiger partial charge in [0.25, 0.3) is 0 Å². The van der Waals surface area contributed by atoms with Gasteiger partial charge in [-0.15, -0.1) is 0 Å². The van der Waals surface area contributed by atoms with E-state index < -0.39 is 27.5 Å². The van der Waals surface area contributed by atoms with Crippen LogP contribution in [-0.2, 0) is 16.0 Å². The molecule has 0 saturated heterocycles. The van der Waals surface area contributed by atoms with E-state index in [1.807, 2.05) is 0 Å². The molecular formula is C21H17F4NO3S. The number of hydrogen-bond acceptors (Lipinski definition) is 4. The van der Waals surface area contributed by atoms with Gasteiger partial charge in [-0.2, -0.15) is 13.2 Å². The summed E-state index contributed by atoms with van der Waals surface area (Å²) in [4.78, 5) is 3.64. The van der Waals surface area contributed by atoms with E-state index in [-0.39, 0.29) is 33.9 Å². The maximum Gasteiger partial charge on any atom is 0.434 e. The third-order valence-electron chi connectivity index (χ3n) is 4.45. The number of alkyl halides is 3. The molecule has 1 heterocycles. The Morgan fingerprint density at radius 2 is 1.77 bits per heavy atom. The molecule has 0 amide bonds. The van der Waals surface area contributed by atoms with Crippen LogP contribution in [0.1, 0.15) is 17.7 Å². The van der Waals surface area contributed by atoms with Gasteiger partial charge in [0, 0.05) is 17.9 Å². The molecule has 2 aromatic rings. The minimum Gasteiger partial charge on any atom is -0.481 e. The number of sulfone groups is 1. The number of nitrogens with zero attached hydrogens (tertiary/aromatic N) is 1. The first-order valence-corrected chi connectivity index (χ1v) is 10.6. The average Bonchev–Trinajstić information content (AvgIpc) is 2.93. The molecular weight excluding hydrogens is 422 g/mol. The molecule has 0 saturated carbocycles. The fourth-order valence-electron chi connectivity index (χ4n) is 3.05. The molecule has 0 fully saturated rings. The van der Waals surface area contributed by atoms with Crippen molar-refractivity contribution in [2.75, 3.05) is 13.4 Å². The molecule has 0 aliphatic heterocycles. The SMILES string of the molecule is COc1cc(C2=CC=C(S(C)(=O)=O)C=CC2)c(-c2ccc(F)cc2)c(C(F)(F)F)n1. The molecule has 0 N–H and O–H groups in total. The van der Waals surface area contributed by atoms with Crippen molar-refractivity contribution in [1.29, 1.82) is 0 Å². The van der Waals surface area contributed by atoms with Crippen molar-refractivity contribution in [2.45, 2.75) is 12.6 Å². The number of halogens is 4. The summed E-state index contributed by atoms with van der Waals surface area (Å²) in [6.07, 6.45) is 2.17. The first kappa shape index (κ1) is 21.8. The summed E-state index contributed by atoms with van der Waals surface area (Å²) in [7, 11) is -2.29. The Hall–Kier alpha value is -2.94. The topological polar surface area (TPSA) is 56.3 Å². The molecule has 30 heavy (non-hydrogen) atoms. The van der Waals surface area contributed by atoms with E-state index in [4.69, 9.17) is 4.74 Å². The minimum absolute atomic E-state index is 0.0397. The van der Waals surface area contributed by atoms with Crippen molar-refractivity contribution in [1.82, 2.24) is 4.98 Å². The molecule has 4 nitrogen and oxygen atoms in total. The second-order valence-electron chi connectivity index (χ2n) is 6.58. The van der Waals surface area contributed by atoms with Crippen LogP contribution < -0.4 is 4.74 Å². The van der Waals surface area contributed by atoms with Gasteiger partial charge in [0.15, 0.2) is 15.5 Å². The predicted octanol–water partition coefficient (Wildman–Crippen LogP) is 5.19. The lowest BCUT2D eigenvalue weighted by Gasteiger charge is -2.19. The summed E-state index contributed by atoms with van der Waals surface area (Å²) in [5, 5.41) is 0. The summed E-state index contributed by atoms with van der Waals surface area (Å²) in [6, 6.07) is 5.96. The summed E-state index contributed by atoms with van der Waals surface area (Å²) in [6.45, 7) is 0. The van der Waals surface area contributed by atoms with Gasteiger partial charge in [-0.3, -0.25) is 0 Å². The van der Waals surface area contributed by atoms with Crippen molar-refractivity contribution >= 4 is 15.4 Å². The predicted molar refractivity (Wildman–Crippen MR) is 106 cm³/mol. The van der Waals surface area contributed by atoms with Crippen molar-refractivity contribution < 1.29 is 30.7 Å². The van der Waals surface area contributed by atoms with Crippen LogP contribution in [0.3, 0.4) is 0 Å². The summed E-state index contributed by atoms with van der Waals surface area (Å²) >= 11 is 0. The Bertz CT molecular complexity index is 1160. The normalized spacial score (nSPS) is 14.7. The van der Waals surface area contributed by atoms with Gasteiger partial charge in [-0.25, -0.2) is 17.8 Å². The molecule has 1 aliphatic rings. The highest BCUT2D eigenvalue weighted by Gasteiger charge is 2.38. The van der Waals surface area contributed by atoms with E-state index in [9.17, 15) is 26.0 Å². The van der Waals surface area contributed by atoms with Crippen LogP contribution in [0.25, 0.3) is 16.7 Å². The van der Waals surface area contributed by atoms with E-state index >= 15 is 0 Å². The monoisotopic (exact) mass is 439 g/mol. The van der Waals surface area contributed by atoms with Crippen LogP contribution in [0.4, 0.5) is 17.6 Å². The molecule has 0 bridgehead atoms. The second kappa shape index (κ2) is 8.06. The average molecular weight is 439 g/mol. The van der Waals surface area contributed by atoms with Gasteiger partial charge < -0.3 is 4.74 Å². The lowest BCUT2D eigenvalue weighted by Crippen LogP contribution is -2.13. The Morgan fingerprint density at radius 1 is 1.10 bits per heavy atom. The molecule has 0 radical (unpaired) electrons. The molecule has 0 atom stereocenters. The van der Waals surface area contributed by atoms with Gasteiger partial charge >= 0.3 is 6.18 Å². The zero-order valence-electron chi connectivity index (χ0n) is 16.0. The number of rotatable bonds is 4. The van der Waals surface area contributed by atoms with Crippen molar-refractivity contribution in [3.8, 4) is 17.0 Å². The number of benzene rings is 1. The van der Waals surface area contributed by atoms with Crippen molar-refractivity contribution in [3.05, 3.63) is 76.6 Å². The standard InChI is InChI=1S/C21H17F4NO3S/c1-29-18-12-17(13-4-3-5-16(11-8-13)30(2,27)28)19(20(26-18)21(23,24)25)14-6-9-15(22)10-7-14/h3,5-12H,4H2,1-2H3. The molecule has 3 rings (SSSR count). The Kier molecular flexibility index (Phi) is 5.85. The highest BCUT2D eigenvalue weighted by Crippen LogP contribution is 2.42. The highest BCUT2D eigenvalue weighted by atomic mass is 32.2. The number of ether oxygens (including phenoxy) is 1. The molecule has 0 unspecified atom stereocenters. The van der Waals surface area contributed by atoms with Gasteiger partial charge in [0.05, 0.1) is 12.0 Å². The highest BCUT2D eigenvalue weighted by molar-refractivity contribution is 7.94. The van der Waals surface area contributed by atoms with Gasteiger partial charge in [-0.05, 0) is 47.4 Å². The van der Waals surface area contributed by atoms with Crippen LogP contribution in [0.5, 0.6) is 5.88 Å². The van der Waals surface area contributed by atoms with E-state index in [0.717, 1.165) is 18.4 Å². The largest absolute Gasteiger partial charge is 0.481 e. The molecule has 1 aromatic carbocycles. The van der Waals surface area contributed by atoms with Crippen LogP contribution in [0.15, 0.2) is 59.5 Å². The van der Waals surface area contributed by atoms with Crippen LogP contribution in [0, 0.1) is 5.82 Å². The number of hydrogen-bond donors (Lipinski definition) is 0. The van der Waals surface area contributed by atoms with Gasteiger partial charge in [0.1, 0.15) is 5.82 Å². The van der Waals surface area contributed by atoms with Crippen LogP contribution in [-0.4, -0.2) is 26.8 Å². The van der Waals surface area contributed by atoms with E-state index in [0.29, 0.717) is 5.57 Å². The molecule has 1 aliphatic carbocycles. The maximum atomic E-state index is 13.9. The third-order valence-corrected chi connectivity index (χ3v) is 5.58. The zero-order valence-corrected chi connectivity index (χ0v) is 16.8. The smallest absolute Gasteiger partial charge is 0.434 e. The quantitative estimate of drug-likeness (QED) is 0.616. The van der Waals surface area contributed by atoms with Crippen LogP contribution in [0.2, 0.25) is 0 Å². The molecule has 1 aromatic heterocycles. The van der Waals surface area contributed by atoms with Crippen molar-refractivity contribution in [2.24, 2.45) is 0 Å². The number of allylic oxidation sites excluding steroid dienone is 5. The summed E-state index contributed by atoms with van der Waals surface area (Å²) in [5.74, 6) is -0.836. The zero-order chi connectivity index (χ0) is 22.1. The van der Waals surface area contributed by atoms with E-state index in [1.165, 1.54) is 43.5 Å². The van der Waals surface area contributed by atoms with Crippen molar-refractivity contribution in [3.63, 3.8) is 0 Å². The van der Waals surface area contributed by atoms with E-state index in [1.54, 1.807) is 6.08 Å². The fraction of sp³-hybridized carbons (Fsp3) is 0.190. The van der Waals surface area contributed by atoms with Gasteiger partial charge in [0.2, 0.25) is 5.88 Å². The third kappa shape index (κ3) is 4.62. The Labute approximate surface area is 171 Å². The molecule has 0 spiro atoms. The van der Waals surface area contributed by atoms with E-state index in [2.05, 4.69) is 4.98 Å². The lowest BCUT2D eigenvalue weighted by atomic mass is 9.91. The Balaban J connectivity index is 2.33. The van der Waals surface area contributed by atoms with Gasteiger partial charge in [-0.1, -0.05) is 24.3 Å². The lowest BCUT2D eigenvalue weighted by molar-refractivity contribution is -0.140. The summed E-state index contributed by atoms with van der Waals surface area (Å²) < 4.78 is 83.6. The molecule has 9 heteroatoms. The maximum absolute atomic E-state index is 13.9. The summed E-state index contributed by atoms with van der Waals surface area (Å²) in [5.41, 5.74) is -0.703. The molecule has 158 valence electrons. The minimum atomic E-state index is -4.80. The van der Waals surface area contributed by atoms with Crippen LogP contribution >= 0.6 is 0 Å².